The molecular formula is C12H16N2OS. The summed E-state index contributed by atoms with van der Waals surface area (Å²) in [5, 5.41) is 2.82. The molecule has 3 N–H and O–H groups in total. The minimum absolute atomic E-state index is 0.0200. The van der Waals surface area contributed by atoms with E-state index in [1.807, 2.05) is 31.2 Å². The maximum absolute atomic E-state index is 11.4. The number of thiocarbonyl (C=S) groups is 1. The van der Waals surface area contributed by atoms with E-state index >= 15 is 0 Å². The van der Waals surface area contributed by atoms with Crippen LogP contribution in [0, 0.1) is 6.92 Å². The summed E-state index contributed by atoms with van der Waals surface area (Å²) in [4.78, 5) is 11.7. The van der Waals surface area contributed by atoms with Gasteiger partial charge in [0.15, 0.2) is 0 Å². The summed E-state index contributed by atoms with van der Waals surface area (Å²) in [6.45, 7) is 2.58. The molecule has 0 heterocycles. The lowest BCUT2D eigenvalue weighted by molar-refractivity contribution is -0.121. The third kappa shape index (κ3) is 4.89. The Morgan fingerprint density at radius 3 is 2.50 bits per heavy atom. The highest BCUT2D eigenvalue weighted by Gasteiger charge is 2.01. The van der Waals surface area contributed by atoms with Crippen molar-refractivity contribution >= 4 is 23.1 Å². The molecule has 0 fully saturated rings. The van der Waals surface area contributed by atoms with Crippen LogP contribution in [0.15, 0.2) is 24.3 Å². The van der Waals surface area contributed by atoms with Crippen molar-refractivity contribution in [1.29, 1.82) is 0 Å². The largest absolute Gasteiger partial charge is 0.393 e. The predicted octanol–water partition coefficient (Wildman–Crippen LogP) is 1.68. The van der Waals surface area contributed by atoms with Crippen LogP contribution in [0.3, 0.4) is 0 Å². The van der Waals surface area contributed by atoms with Crippen molar-refractivity contribution in [2.24, 2.45) is 5.73 Å². The van der Waals surface area contributed by atoms with Crippen molar-refractivity contribution in [2.45, 2.75) is 26.3 Å². The van der Waals surface area contributed by atoms with Crippen molar-refractivity contribution in [3.63, 3.8) is 0 Å². The number of amides is 1. The lowest BCUT2D eigenvalue weighted by Gasteiger charge is -2.05. The molecule has 1 rings (SSSR count). The summed E-state index contributed by atoms with van der Waals surface area (Å²) < 4.78 is 0. The molecule has 0 atom stereocenters. The van der Waals surface area contributed by atoms with Gasteiger partial charge in [-0.3, -0.25) is 4.79 Å². The third-order valence-electron chi connectivity index (χ3n) is 2.21. The van der Waals surface area contributed by atoms with Crippen molar-refractivity contribution < 1.29 is 4.79 Å². The van der Waals surface area contributed by atoms with Gasteiger partial charge < -0.3 is 11.1 Å². The van der Waals surface area contributed by atoms with Gasteiger partial charge in [0, 0.05) is 19.4 Å². The van der Waals surface area contributed by atoms with Gasteiger partial charge in [-0.25, -0.2) is 0 Å². The molecule has 86 valence electrons. The number of benzene rings is 1. The summed E-state index contributed by atoms with van der Waals surface area (Å²) in [7, 11) is 0. The molecule has 0 saturated carbocycles. The zero-order chi connectivity index (χ0) is 12.0. The van der Waals surface area contributed by atoms with Gasteiger partial charge in [0.1, 0.15) is 0 Å². The fourth-order valence-electron chi connectivity index (χ4n) is 1.23. The lowest BCUT2D eigenvalue weighted by atomic mass is 10.1. The summed E-state index contributed by atoms with van der Waals surface area (Å²) >= 11 is 4.70. The number of carbonyl (C=O) groups excluding carboxylic acids is 1. The summed E-state index contributed by atoms with van der Waals surface area (Å²) in [6.07, 6.45) is 0.830. The van der Waals surface area contributed by atoms with Crippen molar-refractivity contribution in [3.05, 3.63) is 35.4 Å². The number of hydrogen-bond acceptors (Lipinski definition) is 2. The fraction of sp³-hybridized carbons (Fsp3) is 0.333. The summed E-state index contributed by atoms with van der Waals surface area (Å²) in [5.41, 5.74) is 7.62. The Hall–Kier alpha value is -1.42. The van der Waals surface area contributed by atoms with Gasteiger partial charge >= 0.3 is 0 Å². The topological polar surface area (TPSA) is 55.1 Å². The molecule has 3 nitrogen and oxygen atoms in total. The standard InChI is InChI=1S/C12H16N2OS/c1-9-2-4-10(5-3-9)8-14-12(15)7-6-11(13)16/h2-5H,6-8H2,1H3,(H2,13,16)(H,14,15). The number of rotatable bonds is 5. The number of carbonyl (C=O) groups is 1. The minimum atomic E-state index is -0.0200. The Kier molecular flexibility index (Phi) is 4.92. The van der Waals surface area contributed by atoms with Gasteiger partial charge in [0.05, 0.1) is 4.99 Å². The average molecular weight is 236 g/mol. The predicted molar refractivity (Wildman–Crippen MR) is 69.0 cm³/mol. The number of hydrogen-bond donors (Lipinski definition) is 2. The van der Waals surface area contributed by atoms with Gasteiger partial charge in [-0.15, -0.1) is 0 Å². The zero-order valence-electron chi connectivity index (χ0n) is 9.32. The molecular weight excluding hydrogens is 220 g/mol. The summed E-state index contributed by atoms with van der Waals surface area (Å²) in [5.74, 6) is -0.0200. The quantitative estimate of drug-likeness (QED) is 0.765. The molecule has 0 unspecified atom stereocenters. The minimum Gasteiger partial charge on any atom is -0.393 e. The molecule has 4 heteroatoms. The van der Waals surface area contributed by atoms with E-state index in [2.05, 4.69) is 5.32 Å². The molecule has 0 aliphatic heterocycles. The Bertz CT molecular complexity index is 373. The molecule has 0 aliphatic carbocycles. The monoisotopic (exact) mass is 236 g/mol. The van der Waals surface area contributed by atoms with E-state index in [1.54, 1.807) is 0 Å². The van der Waals surface area contributed by atoms with Gasteiger partial charge in [-0.05, 0) is 12.5 Å². The van der Waals surface area contributed by atoms with Crippen LogP contribution in [-0.2, 0) is 11.3 Å². The van der Waals surface area contributed by atoms with E-state index in [0.717, 1.165) is 5.56 Å². The van der Waals surface area contributed by atoms with Gasteiger partial charge in [-0.1, -0.05) is 42.0 Å². The second kappa shape index (κ2) is 6.23. The van der Waals surface area contributed by atoms with Crippen molar-refractivity contribution in [3.8, 4) is 0 Å². The molecule has 0 spiro atoms. The van der Waals surface area contributed by atoms with Crippen LogP contribution in [0.2, 0.25) is 0 Å². The smallest absolute Gasteiger partial charge is 0.220 e. The van der Waals surface area contributed by atoms with E-state index in [1.165, 1.54) is 5.56 Å². The fourth-order valence-corrected chi connectivity index (χ4v) is 1.33. The highest BCUT2D eigenvalue weighted by Crippen LogP contribution is 2.02. The first kappa shape index (κ1) is 12.6. The normalized spacial score (nSPS) is 9.81. The van der Waals surface area contributed by atoms with Crippen molar-refractivity contribution in [1.82, 2.24) is 5.32 Å². The van der Waals surface area contributed by atoms with E-state index in [4.69, 9.17) is 18.0 Å². The van der Waals surface area contributed by atoms with Crippen LogP contribution in [-0.4, -0.2) is 10.9 Å². The highest BCUT2D eigenvalue weighted by molar-refractivity contribution is 7.80. The molecule has 0 aliphatic rings. The average Bonchev–Trinajstić information content (AvgIpc) is 2.25. The van der Waals surface area contributed by atoms with E-state index in [9.17, 15) is 4.79 Å². The van der Waals surface area contributed by atoms with Gasteiger partial charge in [0.2, 0.25) is 5.91 Å². The highest BCUT2D eigenvalue weighted by atomic mass is 32.1. The SMILES string of the molecule is Cc1ccc(CNC(=O)CCC(N)=S)cc1. The van der Waals surface area contributed by atoms with Gasteiger partial charge in [-0.2, -0.15) is 0 Å². The third-order valence-corrected chi connectivity index (χ3v) is 2.41. The molecule has 0 radical (unpaired) electrons. The van der Waals surface area contributed by atoms with Crippen LogP contribution < -0.4 is 11.1 Å². The first-order chi connectivity index (χ1) is 7.58. The molecule has 1 aromatic rings. The van der Waals surface area contributed by atoms with Crippen LogP contribution in [0.4, 0.5) is 0 Å². The van der Waals surface area contributed by atoms with E-state index in [-0.39, 0.29) is 5.91 Å². The molecule has 0 aromatic heterocycles. The Morgan fingerprint density at radius 1 is 1.31 bits per heavy atom. The van der Waals surface area contributed by atoms with Gasteiger partial charge in [0.25, 0.3) is 0 Å². The molecule has 16 heavy (non-hydrogen) atoms. The van der Waals surface area contributed by atoms with Crippen LogP contribution >= 0.6 is 12.2 Å². The lowest BCUT2D eigenvalue weighted by Crippen LogP contribution is -2.24. The first-order valence-electron chi connectivity index (χ1n) is 5.18. The number of nitrogens with two attached hydrogens (primary N) is 1. The molecule has 0 saturated heterocycles. The van der Waals surface area contributed by atoms with Crippen LogP contribution in [0.1, 0.15) is 24.0 Å². The number of nitrogens with one attached hydrogen (secondary N) is 1. The second-order valence-corrected chi connectivity index (χ2v) is 4.25. The molecule has 0 bridgehead atoms. The number of aryl methyl sites for hydroxylation is 1. The summed E-state index contributed by atoms with van der Waals surface area (Å²) in [6, 6.07) is 8.05. The first-order valence-corrected chi connectivity index (χ1v) is 5.59. The Balaban J connectivity index is 2.31. The van der Waals surface area contributed by atoms with Crippen molar-refractivity contribution in [2.75, 3.05) is 0 Å². The molecule has 1 aromatic carbocycles. The Labute approximate surface area is 101 Å². The zero-order valence-corrected chi connectivity index (χ0v) is 10.1. The van der Waals surface area contributed by atoms with Crippen LogP contribution in [0.5, 0.6) is 0 Å². The second-order valence-electron chi connectivity index (χ2n) is 3.73. The Morgan fingerprint density at radius 2 is 1.94 bits per heavy atom. The van der Waals surface area contributed by atoms with Crippen LogP contribution in [0.25, 0.3) is 0 Å². The van der Waals surface area contributed by atoms with E-state index in [0.29, 0.717) is 24.4 Å². The molecule has 1 amide bonds. The maximum Gasteiger partial charge on any atom is 0.220 e. The van der Waals surface area contributed by atoms with E-state index < -0.39 is 0 Å². The maximum atomic E-state index is 11.4.